The van der Waals surface area contributed by atoms with Crippen molar-refractivity contribution >= 4 is 27.9 Å². The lowest BCUT2D eigenvalue weighted by atomic mass is 10.1. The van der Waals surface area contributed by atoms with Gasteiger partial charge >= 0.3 is 0 Å². The molecular weight excluding hydrogens is 469 g/mol. The van der Waals surface area contributed by atoms with Crippen LogP contribution in [0.4, 0.5) is 10.2 Å². The van der Waals surface area contributed by atoms with E-state index in [0.29, 0.717) is 33.8 Å². The first-order valence-corrected chi connectivity index (χ1v) is 12.0. The number of benzene rings is 1. The molecule has 0 spiro atoms. The highest BCUT2D eigenvalue weighted by molar-refractivity contribution is 5.95. The molecule has 5 aromatic heterocycles. The number of hydrogen-bond donors (Lipinski definition) is 3. The van der Waals surface area contributed by atoms with Gasteiger partial charge in [-0.3, -0.25) is 10.1 Å². The van der Waals surface area contributed by atoms with Gasteiger partial charge in [-0.25, -0.2) is 19.3 Å². The Morgan fingerprint density at radius 1 is 0.919 bits per heavy atom. The average Bonchev–Trinajstić information content (AvgIpc) is 3.50. The number of aromatic amines is 2. The van der Waals surface area contributed by atoms with Crippen molar-refractivity contribution < 1.29 is 4.39 Å². The van der Waals surface area contributed by atoms with Crippen LogP contribution < -0.4 is 10.6 Å². The lowest BCUT2D eigenvalue weighted by molar-refractivity contribution is 0.514. The largest absolute Gasteiger partial charge is 0.353 e. The Morgan fingerprint density at radius 2 is 1.78 bits per heavy atom. The van der Waals surface area contributed by atoms with E-state index in [9.17, 15) is 4.39 Å². The van der Waals surface area contributed by atoms with Crippen LogP contribution in [0.3, 0.4) is 0 Å². The maximum Gasteiger partial charge on any atom is 0.161 e. The van der Waals surface area contributed by atoms with Gasteiger partial charge in [0.2, 0.25) is 0 Å². The standard InChI is InChI=1S/C27H22FN9/c1-14-9-21(31-22(10-14)37-12-17(29)13-37)18-5-6-20-25(32-18)26(36-35-20)27-33-19-7-8-30-23(24(19)34-27)15-3-2-4-16(28)11-15/h2-11,17H,12-13,29H2,1H3,(H,33,34)(H,35,36). The van der Waals surface area contributed by atoms with Crippen LogP contribution in [0.15, 0.2) is 60.8 Å². The highest BCUT2D eigenvalue weighted by atomic mass is 19.1. The minimum atomic E-state index is -0.327. The van der Waals surface area contributed by atoms with Crippen LogP contribution >= 0.6 is 0 Å². The van der Waals surface area contributed by atoms with Gasteiger partial charge in [0, 0.05) is 30.9 Å². The number of fused-ring (bicyclic) bond motifs is 2. The molecule has 6 heterocycles. The van der Waals surface area contributed by atoms with Crippen molar-refractivity contribution in [3.63, 3.8) is 0 Å². The molecule has 0 saturated carbocycles. The maximum absolute atomic E-state index is 13.9. The summed E-state index contributed by atoms with van der Waals surface area (Å²) < 4.78 is 13.9. The molecule has 9 nitrogen and oxygen atoms in total. The summed E-state index contributed by atoms with van der Waals surface area (Å²) in [6.07, 6.45) is 1.68. The third kappa shape index (κ3) is 3.69. The van der Waals surface area contributed by atoms with Crippen molar-refractivity contribution in [3.8, 4) is 34.2 Å². The molecule has 0 atom stereocenters. The molecule has 0 aliphatic carbocycles. The second-order valence-electron chi connectivity index (χ2n) is 9.37. The summed E-state index contributed by atoms with van der Waals surface area (Å²) in [6, 6.07) is 16.3. The monoisotopic (exact) mass is 491 g/mol. The third-order valence-electron chi connectivity index (χ3n) is 6.58. The van der Waals surface area contributed by atoms with Crippen LogP contribution in [0.25, 0.3) is 56.2 Å². The Kier molecular flexibility index (Phi) is 4.76. The van der Waals surface area contributed by atoms with Gasteiger partial charge in [0.05, 0.1) is 28.1 Å². The van der Waals surface area contributed by atoms with Gasteiger partial charge in [-0.15, -0.1) is 0 Å². The number of anilines is 1. The molecule has 0 amide bonds. The van der Waals surface area contributed by atoms with Gasteiger partial charge in [0.25, 0.3) is 0 Å². The van der Waals surface area contributed by atoms with E-state index in [2.05, 4.69) is 38.1 Å². The van der Waals surface area contributed by atoms with Gasteiger partial charge in [-0.05, 0) is 55.0 Å². The summed E-state index contributed by atoms with van der Waals surface area (Å²) in [5, 5.41) is 7.55. The average molecular weight is 492 g/mol. The van der Waals surface area contributed by atoms with E-state index >= 15 is 0 Å². The summed E-state index contributed by atoms with van der Waals surface area (Å²) in [6.45, 7) is 3.65. The summed E-state index contributed by atoms with van der Waals surface area (Å²) >= 11 is 0. The quantitative estimate of drug-likeness (QED) is 0.337. The Morgan fingerprint density at radius 3 is 2.62 bits per heavy atom. The molecule has 0 unspecified atom stereocenters. The van der Waals surface area contributed by atoms with Crippen molar-refractivity contribution in [1.82, 2.24) is 35.1 Å². The van der Waals surface area contributed by atoms with Gasteiger partial charge in [-0.1, -0.05) is 12.1 Å². The minimum Gasteiger partial charge on any atom is -0.353 e. The van der Waals surface area contributed by atoms with Crippen molar-refractivity contribution in [2.75, 3.05) is 18.0 Å². The molecule has 7 rings (SSSR count). The van der Waals surface area contributed by atoms with E-state index in [0.717, 1.165) is 46.9 Å². The van der Waals surface area contributed by atoms with Crippen molar-refractivity contribution in [2.24, 2.45) is 5.73 Å². The molecule has 6 aromatic rings. The van der Waals surface area contributed by atoms with Gasteiger partial charge < -0.3 is 15.6 Å². The molecule has 0 bridgehead atoms. The van der Waals surface area contributed by atoms with Gasteiger partial charge in [-0.2, -0.15) is 5.10 Å². The van der Waals surface area contributed by atoms with Crippen LogP contribution in [-0.2, 0) is 0 Å². The van der Waals surface area contributed by atoms with Crippen LogP contribution in [0, 0.1) is 12.7 Å². The number of rotatable bonds is 4. The van der Waals surface area contributed by atoms with Crippen LogP contribution in [0.5, 0.6) is 0 Å². The fourth-order valence-corrected chi connectivity index (χ4v) is 4.74. The number of imidazole rings is 1. The van der Waals surface area contributed by atoms with Crippen molar-refractivity contribution in [2.45, 2.75) is 13.0 Å². The molecule has 37 heavy (non-hydrogen) atoms. The lowest BCUT2D eigenvalue weighted by Crippen LogP contribution is -2.56. The molecule has 1 aliphatic rings. The topological polar surface area (TPSA) is 125 Å². The zero-order chi connectivity index (χ0) is 25.1. The predicted molar refractivity (Wildman–Crippen MR) is 140 cm³/mol. The molecule has 1 saturated heterocycles. The fourth-order valence-electron chi connectivity index (χ4n) is 4.74. The van der Waals surface area contributed by atoms with E-state index in [1.807, 2.05) is 30.3 Å². The summed E-state index contributed by atoms with van der Waals surface area (Å²) in [7, 11) is 0. The molecule has 1 aliphatic heterocycles. The molecule has 1 fully saturated rings. The molecule has 10 heteroatoms. The van der Waals surface area contributed by atoms with Crippen LogP contribution in [0.1, 0.15) is 5.56 Å². The summed E-state index contributed by atoms with van der Waals surface area (Å²) in [4.78, 5) is 24.5. The number of aromatic nitrogens is 7. The zero-order valence-corrected chi connectivity index (χ0v) is 19.9. The number of nitrogens with one attached hydrogen (secondary N) is 2. The third-order valence-corrected chi connectivity index (χ3v) is 6.58. The smallest absolute Gasteiger partial charge is 0.161 e. The van der Waals surface area contributed by atoms with E-state index < -0.39 is 0 Å². The highest BCUT2D eigenvalue weighted by Gasteiger charge is 2.25. The number of nitrogens with zero attached hydrogens (tertiary/aromatic N) is 6. The molecule has 0 radical (unpaired) electrons. The molecule has 4 N–H and O–H groups in total. The second-order valence-corrected chi connectivity index (χ2v) is 9.37. The maximum atomic E-state index is 13.9. The number of halogens is 1. The molecule has 1 aromatic carbocycles. The van der Waals surface area contributed by atoms with Gasteiger partial charge in [0.1, 0.15) is 22.7 Å². The first kappa shape index (κ1) is 21.6. The Labute approximate surface area is 210 Å². The number of hydrogen-bond acceptors (Lipinski definition) is 7. The lowest BCUT2D eigenvalue weighted by Gasteiger charge is -2.38. The first-order valence-electron chi connectivity index (χ1n) is 12.0. The van der Waals surface area contributed by atoms with Crippen molar-refractivity contribution in [3.05, 3.63) is 72.2 Å². The summed E-state index contributed by atoms with van der Waals surface area (Å²) in [5.74, 6) is 1.12. The van der Waals surface area contributed by atoms with Crippen LogP contribution in [-0.4, -0.2) is 54.2 Å². The zero-order valence-electron chi connectivity index (χ0n) is 19.9. The Balaban J connectivity index is 1.32. The minimum absolute atomic E-state index is 0.189. The highest BCUT2D eigenvalue weighted by Crippen LogP contribution is 2.31. The van der Waals surface area contributed by atoms with Crippen LogP contribution in [0.2, 0.25) is 0 Å². The Hall–Kier alpha value is -4.70. The number of pyridine rings is 3. The number of aryl methyl sites for hydroxylation is 1. The first-order chi connectivity index (χ1) is 18.0. The normalized spacial score (nSPS) is 14.0. The van der Waals surface area contributed by atoms with Gasteiger partial charge in [0.15, 0.2) is 11.5 Å². The summed E-state index contributed by atoms with van der Waals surface area (Å²) in [5.41, 5.74) is 13.3. The Bertz CT molecular complexity index is 1800. The predicted octanol–water partition coefficient (Wildman–Crippen LogP) is 4.22. The van der Waals surface area contributed by atoms with E-state index in [1.54, 1.807) is 12.3 Å². The molecule has 182 valence electrons. The molecular formula is C27H22FN9. The number of nitrogens with two attached hydrogens (primary N) is 1. The van der Waals surface area contributed by atoms with E-state index in [-0.39, 0.29) is 11.9 Å². The second kappa shape index (κ2) is 8.17. The fraction of sp³-hybridized carbons (Fsp3) is 0.148. The van der Waals surface area contributed by atoms with E-state index in [1.165, 1.54) is 12.1 Å². The SMILES string of the molecule is Cc1cc(-c2ccc3[nH]nc(-c4nc5c(-c6cccc(F)c6)nccc5[nH]4)c3n2)nc(N2CC(N)C2)c1. The number of H-pyrrole nitrogens is 2. The van der Waals surface area contributed by atoms with E-state index in [4.69, 9.17) is 20.7 Å². The van der Waals surface area contributed by atoms with Crippen molar-refractivity contribution in [1.29, 1.82) is 0 Å².